The molecule has 0 bridgehead atoms. The molecule has 0 aliphatic carbocycles. The van der Waals surface area contributed by atoms with Crippen LogP contribution >= 0.6 is 11.6 Å². The molecule has 0 aromatic heterocycles. The van der Waals surface area contributed by atoms with Gasteiger partial charge in [-0.3, -0.25) is 19.1 Å². The number of halogens is 1. The third-order valence-electron chi connectivity index (χ3n) is 2.02. The molecule has 0 aliphatic rings. The maximum absolute atomic E-state index is 11.8. The van der Waals surface area contributed by atoms with Gasteiger partial charge in [0.05, 0.1) is 31.4 Å². The first-order valence-electron chi connectivity index (χ1n) is 4.63. The fourth-order valence-electron chi connectivity index (χ4n) is 1.11. The summed E-state index contributed by atoms with van der Waals surface area (Å²) < 4.78 is 11.8. The van der Waals surface area contributed by atoms with E-state index in [1.54, 1.807) is 0 Å². The predicted molar refractivity (Wildman–Crippen MR) is 65.0 cm³/mol. The number of nitrogens with zero attached hydrogens (tertiary/aromatic N) is 1. The van der Waals surface area contributed by atoms with Crippen molar-refractivity contribution in [2.75, 3.05) is 5.75 Å². The van der Waals surface area contributed by atoms with E-state index in [-0.39, 0.29) is 21.4 Å². The van der Waals surface area contributed by atoms with E-state index < -0.39 is 27.7 Å². The van der Waals surface area contributed by atoms with Crippen LogP contribution < -0.4 is 5.73 Å². The van der Waals surface area contributed by atoms with Gasteiger partial charge in [-0.25, -0.2) is 0 Å². The molecule has 9 heteroatoms. The highest BCUT2D eigenvalue weighted by molar-refractivity contribution is 7.85. The van der Waals surface area contributed by atoms with E-state index in [0.717, 1.165) is 12.1 Å². The van der Waals surface area contributed by atoms with Crippen LogP contribution in [0.5, 0.6) is 0 Å². The summed E-state index contributed by atoms with van der Waals surface area (Å²) in [5.74, 6) is -1.59. The lowest BCUT2D eigenvalue weighted by atomic mass is 10.3. The first-order valence-corrected chi connectivity index (χ1v) is 6.33. The number of carboxylic acid groups (broad SMARTS) is 1. The van der Waals surface area contributed by atoms with Crippen LogP contribution in [-0.4, -0.2) is 32.0 Å². The fourth-order valence-corrected chi connectivity index (χ4v) is 2.69. The average Bonchev–Trinajstić information content (AvgIpc) is 2.28. The van der Waals surface area contributed by atoms with Crippen molar-refractivity contribution in [3.63, 3.8) is 0 Å². The summed E-state index contributed by atoms with van der Waals surface area (Å²) in [7, 11) is -1.73. The van der Waals surface area contributed by atoms with Gasteiger partial charge in [0, 0.05) is 12.1 Å². The molecule has 98 valence electrons. The molecule has 0 amide bonds. The zero-order valence-corrected chi connectivity index (χ0v) is 10.5. The van der Waals surface area contributed by atoms with Crippen molar-refractivity contribution in [2.24, 2.45) is 5.73 Å². The van der Waals surface area contributed by atoms with E-state index in [1.165, 1.54) is 6.07 Å². The van der Waals surface area contributed by atoms with Crippen molar-refractivity contribution >= 4 is 34.1 Å². The van der Waals surface area contributed by atoms with Crippen LogP contribution in [0, 0.1) is 10.1 Å². The standard InChI is InChI=1S/C9H9ClN2O5S/c10-6-3-5(12(15)16)1-2-8(6)18(17)4-7(11)9(13)14/h1-3,7H,4,11H2,(H,13,14)/t7-,18?/m0/s1. The number of non-ortho nitro benzene ring substituents is 1. The van der Waals surface area contributed by atoms with Gasteiger partial charge in [-0.15, -0.1) is 0 Å². The predicted octanol–water partition coefficient (Wildman–Crippen LogP) is 0.768. The van der Waals surface area contributed by atoms with Gasteiger partial charge in [0.15, 0.2) is 0 Å². The number of hydrogen-bond donors (Lipinski definition) is 2. The Kier molecular flexibility index (Phi) is 4.76. The van der Waals surface area contributed by atoms with Crippen LogP contribution in [0.1, 0.15) is 0 Å². The molecule has 1 unspecified atom stereocenters. The number of benzene rings is 1. The Morgan fingerprint density at radius 3 is 2.67 bits per heavy atom. The molecule has 0 saturated heterocycles. The number of nitro benzene ring substituents is 1. The van der Waals surface area contributed by atoms with E-state index in [2.05, 4.69) is 0 Å². The molecule has 0 aliphatic heterocycles. The summed E-state index contributed by atoms with van der Waals surface area (Å²) in [5, 5.41) is 19.0. The van der Waals surface area contributed by atoms with Crippen molar-refractivity contribution in [3.05, 3.63) is 33.3 Å². The third kappa shape index (κ3) is 3.49. The van der Waals surface area contributed by atoms with Crippen molar-refractivity contribution in [1.29, 1.82) is 0 Å². The lowest BCUT2D eigenvalue weighted by Crippen LogP contribution is -2.35. The first-order chi connectivity index (χ1) is 8.32. The fraction of sp³-hybridized carbons (Fsp3) is 0.222. The number of carbonyl (C=O) groups is 1. The maximum Gasteiger partial charge on any atom is 0.321 e. The smallest absolute Gasteiger partial charge is 0.321 e. The molecule has 0 fully saturated rings. The summed E-state index contributed by atoms with van der Waals surface area (Å²) in [4.78, 5) is 20.5. The Labute approximate surface area is 109 Å². The maximum atomic E-state index is 11.8. The average molecular weight is 293 g/mol. The minimum absolute atomic E-state index is 0.0554. The minimum Gasteiger partial charge on any atom is -0.480 e. The Bertz CT molecular complexity index is 522. The van der Waals surface area contributed by atoms with Gasteiger partial charge in [-0.2, -0.15) is 0 Å². The highest BCUT2D eigenvalue weighted by Crippen LogP contribution is 2.25. The molecule has 0 saturated carbocycles. The largest absolute Gasteiger partial charge is 0.480 e. The van der Waals surface area contributed by atoms with Gasteiger partial charge in [0.25, 0.3) is 5.69 Å². The second-order valence-electron chi connectivity index (χ2n) is 3.33. The van der Waals surface area contributed by atoms with Crippen molar-refractivity contribution in [2.45, 2.75) is 10.9 Å². The quantitative estimate of drug-likeness (QED) is 0.610. The Morgan fingerprint density at radius 1 is 1.61 bits per heavy atom. The summed E-state index contributed by atoms with van der Waals surface area (Å²) in [5.41, 5.74) is 5.01. The minimum atomic E-state index is -1.73. The zero-order valence-electron chi connectivity index (χ0n) is 8.91. The first kappa shape index (κ1) is 14.6. The van der Waals surface area contributed by atoms with E-state index in [0.29, 0.717) is 0 Å². The van der Waals surface area contributed by atoms with Gasteiger partial charge in [-0.1, -0.05) is 11.6 Å². The summed E-state index contributed by atoms with van der Waals surface area (Å²) in [6.07, 6.45) is 0. The Balaban J connectivity index is 2.94. The van der Waals surface area contributed by atoms with Crippen LogP contribution in [0.25, 0.3) is 0 Å². The summed E-state index contributed by atoms with van der Waals surface area (Å²) in [6, 6.07) is 2.15. The van der Waals surface area contributed by atoms with E-state index in [9.17, 15) is 19.1 Å². The topological polar surface area (TPSA) is 124 Å². The van der Waals surface area contributed by atoms with E-state index >= 15 is 0 Å². The highest BCUT2D eigenvalue weighted by atomic mass is 35.5. The summed E-state index contributed by atoms with van der Waals surface area (Å²) in [6.45, 7) is 0. The van der Waals surface area contributed by atoms with Crippen LogP contribution in [0.3, 0.4) is 0 Å². The Hall–Kier alpha value is -1.51. The number of aliphatic carboxylic acids is 1. The molecule has 18 heavy (non-hydrogen) atoms. The van der Waals surface area contributed by atoms with Crippen molar-refractivity contribution in [3.8, 4) is 0 Å². The normalized spacial score (nSPS) is 13.9. The van der Waals surface area contributed by atoms with Gasteiger partial charge < -0.3 is 10.8 Å². The molecule has 1 rings (SSSR count). The lowest BCUT2D eigenvalue weighted by Gasteiger charge is -2.07. The monoisotopic (exact) mass is 292 g/mol. The van der Waals surface area contributed by atoms with Gasteiger partial charge in [-0.05, 0) is 6.07 Å². The van der Waals surface area contributed by atoms with E-state index in [1.807, 2.05) is 0 Å². The molecule has 2 atom stereocenters. The number of hydrogen-bond acceptors (Lipinski definition) is 5. The molecule has 7 nitrogen and oxygen atoms in total. The zero-order chi connectivity index (χ0) is 13.9. The summed E-state index contributed by atoms with van der Waals surface area (Å²) >= 11 is 5.75. The number of carboxylic acids is 1. The molecule has 3 N–H and O–H groups in total. The second kappa shape index (κ2) is 5.89. The number of nitro groups is 1. The van der Waals surface area contributed by atoms with Gasteiger partial charge in [0.1, 0.15) is 6.04 Å². The highest BCUT2D eigenvalue weighted by Gasteiger charge is 2.19. The number of nitrogens with two attached hydrogens (primary N) is 1. The SMILES string of the molecule is N[C@@H](CS(=O)c1ccc([N+](=O)[O-])cc1Cl)C(=O)O. The van der Waals surface area contributed by atoms with Crippen molar-refractivity contribution < 1.29 is 19.0 Å². The van der Waals surface area contributed by atoms with E-state index in [4.69, 9.17) is 22.4 Å². The molecule has 1 aromatic carbocycles. The van der Waals surface area contributed by atoms with Gasteiger partial charge in [0.2, 0.25) is 0 Å². The Morgan fingerprint density at radius 2 is 2.22 bits per heavy atom. The van der Waals surface area contributed by atoms with Crippen LogP contribution in [0.15, 0.2) is 23.1 Å². The molecule has 1 aromatic rings. The second-order valence-corrected chi connectivity index (χ2v) is 5.20. The van der Waals surface area contributed by atoms with Crippen molar-refractivity contribution in [1.82, 2.24) is 0 Å². The van der Waals surface area contributed by atoms with Crippen LogP contribution in [0.2, 0.25) is 5.02 Å². The van der Waals surface area contributed by atoms with Crippen LogP contribution in [-0.2, 0) is 15.6 Å². The molecular formula is C9H9ClN2O5S. The lowest BCUT2D eigenvalue weighted by molar-refractivity contribution is -0.384. The molecule has 0 heterocycles. The molecule has 0 radical (unpaired) electrons. The molecular weight excluding hydrogens is 284 g/mol. The third-order valence-corrected chi connectivity index (χ3v) is 3.95. The molecule has 0 spiro atoms. The van der Waals surface area contributed by atoms with Gasteiger partial charge >= 0.3 is 5.97 Å². The number of rotatable bonds is 5. The van der Waals surface area contributed by atoms with Crippen LogP contribution in [0.4, 0.5) is 5.69 Å².